The van der Waals surface area contributed by atoms with Crippen molar-refractivity contribution in [2.75, 3.05) is 6.61 Å². The lowest BCUT2D eigenvalue weighted by molar-refractivity contribution is 0.354. The Hall–Kier alpha value is -2.37. The highest BCUT2D eigenvalue weighted by atomic mass is 28.3. The molecule has 1 aliphatic rings. The van der Waals surface area contributed by atoms with Gasteiger partial charge in [-0.05, 0) is 67.3 Å². The fraction of sp³-hybridized carbons (Fsp3) is 0.512. The van der Waals surface area contributed by atoms with E-state index in [1.807, 2.05) is 6.08 Å². The summed E-state index contributed by atoms with van der Waals surface area (Å²) in [6.45, 7) is 37.9. The van der Waals surface area contributed by atoms with Crippen LogP contribution in [0.2, 0.25) is 25.2 Å². The van der Waals surface area contributed by atoms with Crippen LogP contribution in [0, 0.1) is 6.92 Å². The Morgan fingerprint density at radius 2 is 1.25 bits per heavy atom. The number of ether oxygens (including phenoxy) is 1. The van der Waals surface area contributed by atoms with Crippen LogP contribution in [0.15, 0.2) is 55.1 Å². The molecule has 0 unspecified atom stereocenters. The van der Waals surface area contributed by atoms with Crippen molar-refractivity contribution in [2.24, 2.45) is 0 Å². The molecule has 0 spiro atoms. The predicted molar refractivity (Wildman–Crippen MR) is 200 cm³/mol. The zero-order valence-corrected chi connectivity index (χ0v) is 32.4. The summed E-state index contributed by atoms with van der Waals surface area (Å²) in [5, 5.41) is 3.07. The lowest BCUT2D eigenvalue weighted by Crippen LogP contribution is -2.54. The van der Waals surface area contributed by atoms with Gasteiger partial charge in [0.1, 0.15) is 20.4 Å². The van der Waals surface area contributed by atoms with Crippen LogP contribution in [0.5, 0.6) is 5.75 Å². The molecule has 0 amide bonds. The summed E-state index contributed by atoms with van der Waals surface area (Å²) in [7, 11) is -2.98. The van der Waals surface area contributed by atoms with Crippen molar-refractivity contribution in [3.05, 3.63) is 88.5 Å². The molecule has 4 rings (SSSR count). The van der Waals surface area contributed by atoms with Gasteiger partial charge in [-0.15, -0.1) is 0 Å². The summed E-state index contributed by atoms with van der Waals surface area (Å²) in [4.78, 5) is 0. The zero-order valence-electron chi connectivity index (χ0n) is 30.4. The van der Waals surface area contributed by atoms with Crippen LogP contribution in [0.3, 0.4) is 0 Å². The van der Waals surface area contributed by atoms with Crippen molar-refractivity contribution < 1.29 is 4.74 Å². The molecule has 1 aliphatic carbocycles. The molecule has 0 heterocycles. The van der Waals surface area contributed by atoms with Crippen LogP contribution in [0.25, 0.3) is 11.1 Å². The fourth-order valence-electron chi connectivity index (χ4n) is 7.79. The fourth-order valence-corrected chi connectivity index (χ4v) is 14.9. The molecule has 0 fully saturated rings. The molecule has 0 N–H and O–H groups in total. The van der Waals surface area contributed by atoms with E-state index in [9.17, 15) is 0 Å². The van der Waals surface area contributed by atoms with Crippen LogP contribution in [-0.2, 0) is 16.2 Å². The molecule has 1 nitrogen and oxygen atoms in total. The van der Waals surface area contributed by atoms with Crippen LogP contribution in [-0.4, -0.2) is 23.5 Å². The van der Waals surface area contributed by atoms with E-state index < -0.39 is 16.9 Å². The highest BCUT2D eigenvalue weighted by Gasteiger charge is 2.49. The van der Waals surface area contributed by atoms with E-state index in [0.717, 1.165) is 12.1 Å². The minimum atomic E-state index is -2.26. The first kappa shape index (κ1) is 34.5. The summed E-state index contributed by atoms with van der Waals surface area (Å²) in [5.74, 6) is 1.17. The molecule has 0 saturated heterocycles. The van der Waals surface area contributed by atoms with Gasteiger partial charge in [0.15, 0.2) is 0 Å². The van der Waals surface area contributed by atoms with E-state index in [1.165, 1.54) is 55.4 Å². The van der Waals surface area contributed by atoms with Gasteiger partial charge in [0.2, 0.25) is 0 Å². The van der Waals surface area contributed by atoms with Gasteiger partial charge in [-0.2, -0.15) is 0 Å². The largest absolute Gasteiger partial charge is 0.489 e. The van der Waals surface area contributed by atoms with Crippen molar-refractivity contribution in [1.29, 1.82) is 0 Å². The Morgan fingerprint density at radius 3 is 1.61 bits per heavy atom. The molecule has 44 heavy (non-hydrogen) atoms. The number of benzene rings is 3. The highest BCUT2D eigenvalue weighted by Crippen LogP contribution is 2.53. The van der Waals surface area contributed by atoms with Crippen molar-refractivity contribution in [1.82, 2.24) is 0 Å². The summed E-state index contributed by atoms with van der Waals surface area (Å²) >= 11 is 0. The topological polar surface area (TPSA) is 9.23 Å². The maximum Gasteiger partial charge on any atom is 0.122 e. The number of aryl methyl sites for hydroxylation is 1. The van der Waals surface area contributed by atoms with Crippen LogP contribution >= 0.6 is 0 Å². The van der Waals surface area contributed by atoms with Gasteiger partial charge in [0.05, 0.1) is 8.80 Å². The van der Waals surface area contributed by atoms with Crippen molar-refractivity contribution >= 4 is 27.2 Å². The van der Waals surface area contributed by atoms with Gasteiger partial charge in [-0.1, -0.05) is 167 Å². The molecule has 0 aromatic heterocycles. The number of hydrogen-bond donors (Lipinski definition) is 0. The van der Waals surface area contributed by atoms with Gasteiger partial charge < -0.3 is 4.74 Å². The third kappa shape index (κ3) is 5.96. The number of hydrogen-bond acceptors (Lipinski definition) is 1. The first-order valence-corrected chi connectivity index (χ1v) is 21.8. The average Bonchev–Trinajstić information content (AvgIpc) is 3.25. The molecule has 1 radical (unpaired) electrons. The van der Waals surface area contributed by atoms with Gasteiger partial charge in [-0.25, -0.2) is 0 Å². The molecular weight excluding hydrogens is 565 g/mol. The Morgan fingerprint density at radius 1 is 0.773 bits per heavy atom. The van der Waals surface area contributed by atoms with Gasteiger partial charge in [0.25, 0.3) is 0 Å². The molecule has 0 aliphatic heterocycles. The van der Waals surface area contributed by atoms with Crippen molar-refractivity contribution in [2.45, 2.75) is 130 Å². The van der Waals surface area contributed by atoms with Crippen LogP contribution in [0.1, 0.15) is 115 Å². The second kappa shape index (κ2) is 12.1. The Balaban J connectivity index is 2.16. The lowest BCUT2D eigenvalue weighted by atomic mass is 9.83. The molecular formula is C41H59OSi2. The van der Waals surface area contributed by atoms with E-state index in [2.05, 4.69) is 145 Å². The molecule has 0 atom stereocenters. The minimum absolute atomic E-state index is 0.0229. The van der Waals surface area contributed by atoms with Crippen LogP contribution < -0.4 is 15.1 Å². The Kier molecular flexibility index (Phi) is 9.49. The maximum atomic E-state index is 6.90. The monoisotopic (exact) mass is 623 g/mol. The molecule has 3 heteroatoms. The quantitative estimate of drug-likeness (QED) is 0.179. The average molecular weight is 624 g/mol. The number of rotatable bonds is 8. The third-order valence-corrected chi connectivity index (χ3v) is 17.5. The van der Waals surface area contributed by atoms with Crippen molar-refractivity contribution in [3.63, 3.8) is 0 Å². The first-order chi connectivity index (χ1) is 20.3. The van der Waals surface area contributed by atoms with E-state index >= 15 is 0 Å². The normalized spacial score (nSPS) is 14.2. The summed E-state index contributed by atoms with van der Waals surface area (Å²) in [6.07, 6.45) is 1.92. The molecule has 0 bridgehead atoms. The zero-order chi connectivity index (χ0) is 33.0. The van der Waals surface area contributed by atoms with Gasteiger partial charge >= 0.3 is 0 Å². The third-order valence-electron chi connectivity index (χ3n) is 10.2. The number of fused-ring (bicyclic) bond motifs is 3. The van der Waals surface area contributed by atoms with Gasteiger partial charge in [-0.3, -0.25) is 0 Å². The SMILES string of the molecule is C=CCOc1c([Si](CC)(CC)C2c3ccc(C(C)(C)C)cc3-c3cc(C(C)(C)C)ccc32)cc(C)c([Si](C)C)c1C(C)(C)C. The molecule has 3 aromatic carbocycles. The molecule has 3 aromatic rings. The second-order valence-corrected chi connectivity index (χ2v) is 23.9. The van der Waals surface area contributed by atoms with E-state index in [-0.39, 0.29) is 16.2 Å². The summed E-state index contributed by atoms with van der Waals surface area (Å²) < 4.78 is 6.90. The van der Waals surface area contributed by atoms with E-state index in [1.54, 1.807) is 5.19 Å². The maximum absolute atomic E-state index is 6.90. The Bertz CT molecular complexity index is 1470. The van der Waals surface area contributed by atoms with Gasteiger partial charge in [0, 0.05) is 5.54 Å². The standard InChI is InChI=1S/C41H59OSi2/c1-16-23-42-36-34(24-27(4)37(43(14)15)35(36)41(11,12)13)44(17-2,18-3)38-30-21-19-28(39(5,6)7)25-32(30)33-26-29(40(8,9)10)20-22-31(33)38/h16,19-22,24-26,38H,1,17-18,23H2,2-15H3. The molecule has 0 saturated carbocycles. The second-order valence-electron chi connectivity index (χ2n) is 16.6. The van der Waals surface area contributed by atoms with Crippen molar-refractivity contribution in [3.8, 4) is 16.9 Å². The predicted octanol–water partition coefficient (Wildman–Crippen LogP) is 10.5. The summed E-state index contributed by atoms with van der Waals surface area (Å²) in [6, 6.07) is 19.8. The minimum Gasteiger partial charge on any atom is -0.489 e. The van der Waals surface area contributed by atoms with Crippen LogP contribution in [0.4, 0.5) is 0 Å². The highest BCUT2D eigenvalue weighted by molar-refractivity contribution is 6.94. The molecule has 237 valence electrons. The van der Waals surface area contributed by atoms with E-state index in [0.29, 0.717) is 12.1 Å². The summed E-state index contributed by atoms with van der Waals surface area (Å²) in [5.41, 5.74) is 12.2. The Labute approximate surface area is 273 Å². The first-order valence-electron chi connectivity index (χ1n) is 16.9. The van der Waals surface area contributed by atoms with E-state index in [4.69, 9.17) is 4.74 Å². The smallest absolute Gasteiger partial charge is 0.122 e. The lowest BCUT2D eigenvalue weighted by Gasteiger charge is -2.41.